The summed E-state index contributed by atoms with van der Waals surface area (Å²) in [5, 5.41) is 13.9. The van der Waals surface area contributed by atoms with Crippen molar-refractivity contribution in [3.8, 4) is 10.6 Å². The third-order valence-electron chi connectivity index (χ3n) is 3.80. The highest BCUT2D eigenvalue weighted by Gasteiger charge is 2.28. The zero-order valence-electron chi connectivity index (χ0n) is 12.1. The maximum absolute atomic E-state index is 10.2. The zero-order chi connectivity index (χ0) is 14.9. The van der Waals surface area contributed by atoms with E-state index in [1.165, 1.54) is 0 Å². The number of nitrogens with zero attached hydrogens (tertiary/aromatic N) is 2. The Balaban J connectivity index is 1.72. The van der Waals surface area contributed by atoms with Gasteiger partial charge in [0.25, 0.3) is 0 Å². The number of hydrogen-bond donors (Lipinski definition) is 1. The molecule has 3 rings (SSSR count). The van der Waals surface area contributed by atoms with E-state index in [2.05, 4.69) is 10.3 Å². The molecule has 0 radical (unpaired) electrons. The van der Waals surface area contributed by atoms with Crippen molar-refractivity contribution >= 4 is 22.9 Å². The summed E-state index contributed by atoms with van der Waals surface area (Å²) in [7, 11) is 0. The standard InChI is InChI=1S/C16H19ClN2OS/c1-16(20)7-4-8-19(11-16)9-12-10-21-15(18-12)13-5-2-3-6-14(13)17/h2-3,5-6,10,20H,4,7-9,11H2,1H3. The molecule has 0 spiro atoms. The first kappa shape index (κ1) is 15.0. The summed E-state index contributed by atoms with van der Waals surface area (Å²) in [6, 6.07) is 7.79. The number of aliphatic hydroxyl groups is 1. The summed E-state index contributed by atoms with van der Waals surface area (Å²) >= 11 is 7.84. The highest BCUT2D eigenvalue weighted by molar-refractivity contribution is 7.13. The van der Waals surface area contributed by atoms with Gasteiger partial charge < -0.3 is 5.11 Å². The monoisotopic (exact) mass is 322 g/mol. The average Bonchev–Trinajstić information content (AvgIpc) is 2.86. The van der Waals surface area contributed by atoms with Crippen LogP contribution in [0.4, 0.5) is 0 Å². The molecule has 1 N–H and O–H groups in total. The summed E-state index contributed by atoms with van der Waals surface area (Å²) in [4.78, 5) is 6.97. The Morgan fingerprint density at radius 2 is 2.24 bits per heavy atom. The minimum absolute atomic E-state index is 0.570. The highest BCUT2D eigenvalue weighted by atomic mass is 35.5. The van der Waals surface area contributed by atoms with E-state index < -0.39 is 5.60 Å². The molecular formula is C16H19ClN2OS. The van der Waals surface area contributed by atoms with Crippen molar-refractivity contribution in [1.82, 2.24) is 9.88 Å². The fourth-order valence-corrected chi connectivity index (χ4v) is 3.96. The molecule has 0 aliphatic carbocycles. The van der Waals surface area contributed by atoms with Crippen molar-refractivity contribution in [2.75, 3.05) is 13.1 Å². The van der Waals surface area contributed by atoms with E-state index in [-0.39, 0.29) is 0 Å². The Kier molecular flexibility index (Phi) is 4.31. The maximum Gasteiger partial charge on any atom is 0.125 e. The Bertz CT molecular complexity index is 626. The summed E-state index contributed by atoms with van der Waals surface area (Å²) in [6.07, 6.45) is 1.92. The van der Waals surface area contributed by atoms with Crippen LogP contribution >= 0.6 is 22.9 Å². The second-order valence-electron chi connectivity index (χ2n) is 5.93. The number of thiazole rings is 1. The smallest absolute Gasteiger partial charge is 0.125 e. The molecule has 0 bridgehead atoms. The third kappa shape index (κ3) is 3.64. The molecule has 112 valence electrons. The fourth-order valence-electron chi connectivity index (χ4n) is 2.83. The Labute approximate surface area is 134 Å². The molecular weight excluding hydrogens is 304 g/mol. The lowest BCUT2D eigenvalue weighted by Crippen LogP contribution is -2.45. The maximum atomic E-state index is 10.2. The molecule has 1 aromatic carbocycles. The first-order valence-electron chi connectivity index (χ1n) is 7.17. The van der Waals surface area contributed by atoms with E-state index in [1.807, 2.05) is 31.2 Å². The van der Waals surface area contributed by atoms with E-state index in [9.17, 15) is 5.11 Å². The van der Waals surface area contributed by atoms with Crippen LogP contribution in [0.5, 0.6) is 0 Å². The van der Waals surface area contributed by atoms with Crippen LogP contribution in [0.1, 0.15) is 25.5 Å². The van der Waals surface area contributed by atoms with E-state index in [4.69, 9.17) is 16.6 Å². The Morgan fingerprint density at radius 3 is 3.00 bits per heavy atom. The molecule has 0 saturated carbocycles. The number of aromatic nitrogens is 1. The molecule has 21 heavy (non-hydrogen) atoms. The van der Waals surface area contributed by atoms with Crippen LogP contribution in [0.25, 0.3) is 10.6 Å². The quantitative estimate of drug-likeness (QED) is 0.933. The van der Waals surface area contributed by atoms with Crippen LogP contribution in [0, 0.1) is 0 Å². The van der Waals surface area contributed by atoms with Gasteiger partial charge in [-0.15, -0.1) is 11.3 Å². The largest absolute Gasteiger partial charge is 0.389 e. The van der Waals surface area contributed by atoms with Crippen molar-refractivity contribution in [2.45, 2.75) is 31.9 Å². The molecule has 1 fully saturated rings. The van der Waals surface area contributed by atoms with Crippen molar-refractivity contribution in [2.24, 2.45) is 0 Å². The molecule has 0 amide bonds. The second kappa shape index (κ2) is 6.05. The van der Waals surface area contributed by atoms with E-state index in [0.717, 1.165) is 47.2 Å². The average molecular weight is 323 g/mol. The number of β-amino-alcohol motifs (C(OH)–C–C–N with tert-alkyl or cyclic N) is 1. The molecule has 2 aromatic rings. The normalized spacial score (nSPS) is 23.4. The molecule has 1 aliphatic rings. The molecule has 5 heteroatoms. The molecule has 1 unspecified atom stereocenters. The minimum atomic E-state index is -0.570. The van der Waals surface area contributed by atoms with Gasteiger partial charge in [-0.2, -0.15) is 0 Å². The van der Waals surface area contributed by atoms with Gasteiger partial charge in [-0.25, -0.2) is 4.98 Å². The molecule has 1 atom stereocenters. The van der Waals surface area contributed by atoms with Crippen molar-refractivity contribution in [3.63, 3.8) is 0 Å². The van der Waals surface area contributed by atoms with Crippen LogP contribution < -0.4 is 0 Å². The zero-order valence-corrected chi connectivity index (χ0v) is 13.6. The second-order valence-corrected chi connectivity index (χ2v) is 7.20. The van der Waals surface area contributed by atoms with Gasteiger partial charge in [0.2, 0.25) is 0 Å². The van der Waals surface area contributed by atoms with Gasteiger partial charge in [0.05, 0.1) is 16.3 Å². The molecule has 3 nitrogen and oxygen atoms in total. The predicted octanol–water partition coefficient (Wildman–Crippen LogP) is 3.81. The Hall–Kier alpha value is -0.940. The fraction of sp³-hybridized carbons (Fsp3) is 0.438. The van der Waals surface area contributed by atoms with Crippen molar-refractivity contribution in [1.29, 1.82) is 0 Å². The van der Waals surface area contributed by atoms with Gasteiger partial charge >= 0.3 is 0 Å². The van der Waals surface area contributed by atoms with E-state index in [1.54, 1.807) is 11.3 Å². The topological polar surface area (TPSA) is 36.4 Å². The number of likely N-dealkylation sites (tertiary alicyclic amines) is 1. The first-order valence-corrected chi connectivity index (χ1v) is 8.43. The lowest BCUT2D eigenvalue weighted by Gasteiger charge is -2.36. The summed E-state index contributed by atoms with van der Waals surface area (Å²) < 4.78 is 0. The Morgan fingerprint density at radius 1 is 1.43 bits per heavy atom. The number of piperidine rings is 1. The lowest BCUT2D eigenvalue weighted by atomic mass is 9.95. The lowest BCUT2D eigenvalue weighted by molar-refractivity contribution is -0.0184. The summed E-state index contributed by atoms with van der Waals surface area (Å²) in [6.45, 7) is 4.44. The molecule has 1 aromatic heterocycles. The van der Waals surface area contributed by atoms with Gasteiger partial charge in [0.1, 0.15) is 5.01 Å². The van der Waals surface area contributed by atoms with Crippen LogP contribution in [-0.2, 0) is 6.54 Å². The third-order valence-corrected chi connectivity index (χ3v) is 5.05. The van der Waals surface area contributed by atoms with Crippen LogP contribution in [0.15, 0.2) is 29.6 Å². The van der Waals surface area contributed by atoms with Gasteiger partial charge in [0, 0.05) is 24.0 Å². The number of benzene rings is 1. The highest BCUT2D eigenvalue weighted by Crippen LogP contribution is 2.30. The predicted molar refractivity (Wildman–Crippen MR) is 87.7 cm³/mol. The van der Waals surface area contributed by atoms with Crippen LogP contribution in [0.3, 0.4) is 0 Å². The van der Waals surface area contributed by atoms with Crippen molar-refractivity contribution in [3.05, 3.63) is 40.4 Å². The summed E-state index contributed by atoms with van der Waals surface area (Å²) in [5.41, 5.74) is 1.47. The molecule has 1 saturated heterocycles. The molecule has 1 aliphatic heterocycles. The molecule has 2 heterocycles. The number of hydrogen-bond acceptors (Lipinski definition) is 4. The first-order chi connectivity index (χ1) is 10.0. The van der Waals surface area contributed by atoms with Crippen molar-refractivity contribution < 1.29 is 5.11 Å². The SMILES string of the molecule is CC1(O)CCCN(Cc2csc(-c3ccccc3Cl)n2)C1. The van der Waals surface area contributed by atoms with Gasteiger partial charge in [0.15, 0.2) is 0 Å². The van der Waals surface area contributed by atoms with E-state index in [0.29, 0.717) is 6.54 Å². The van der Waals surface area contributed by atoms with Gasteiger partial charge in [-0.05, 0) is 32.4 Å². The van der Waals surface area contributed by atoms with E-state index >= 15 is 0 Å². The van der Waals surface area contributed by atoms with Gasteiger partial charge in [-0.1, -0.05) is 29.8 Å². The summed E-state index contributed by atoms with van der Waals surface area (Å²) in [5.74, 6) is 0. The number of halogens is 1. The van der Waals surface area contributed by atoms with Crippen LogP contribution in [0.2, 0.25) is 5.02 Å². The minimum Gasteiger partial charge on any atom is -0.389 e. The van der Waals surface area contributed by atoms with Gasteiger partial charge in [-0.3, -0.25) is 4.90 Å². The number of rotatable bonds is 3. The van der Waals surface area contributed by atoms with Crippen LogP contribution in [-0.4, -0.2) is 33.7 Å².